The number of benzene rings is 1. The van der Waals surface area contributed by atoms with Crippen molar-refractivity contribution in [1.82, 2.24) is 9.88 Å². The van der Waals surface area contributed by atoms with E-state index in [-0.39, 0.29) is 23.7 Å². The molecule has 1 aromatic carbocycles. The van der Waals surface area contributed by atoms with Crippen molar-refractivity contribution in [1.29, 1.82) is 0 Å². The predicted octanol–water partition coefficient (Wildman–Crippen LogP) is 2.28. The second-order valence-electron chi connectivity index (χ2n) is 5.51. The molecule has 1 atom stereocenters. The first-order chi connectivity index (χ1) is 11.4. The van der Waals surface area contributed by atoms with Crippen LogP contribution in [0.4, 0.5) is 0 Å². The minimum atomic E-state index is -1.19. The largest absolute Gasteiger partial charge is 0.477 e. The van der Waals surface area contributed by atoms with Gasteiger partial charge in [0.2, 0.25) is 0 Å². The third kappa shape index (κ3) is 4.17. The summed E-state index contributed by atoms with van der Waals surface area (Å²) in [5.74, 6) is -1.53. The Bertz CT molecular complexity index is 728. The number of pyridine rings is 1. The van der Waals surface area contributed by atoms with E-state index in [4.69, 9.17) is 5.11 Å². The number of aromatic carboxylic acids is 1. The first-order valence-corrected chi connectivity index (χ1v) is 7.65. The van der Waals surface area contributed by atoms with E-state index in [2.05, 4.69) is 4.98 Å². The Morgan fingerprint density at radius 1 is 1.21 bits per heavy atom. The maximum absolute atomic E-state index is 12.6. The Kier molecular flexibility index (Phi) is 5.65. The maximum Gasteiger partial charge on any atom is 0.354 e. The van der Waals surface area contributed by atoms with Crippen LogP contribution in [0.2, 0.25) is 0 Å². The standard InChI is InChI=1S/C18H20N2O4/c1-3-20(11-16(21)13-6-4-12(2)5-7-13)17(22)14-8-9-19-15(10-14)18(23)24/h4-10,16,21H,3,11H2,1-2H3,(H,23,24). The summed E-state index contributed by atoms with van der Waals surface area (Å²) < 4.78 is 0. The van der Waals surface area contributed by atoms with E-state index in [1.165, 1.54) is 23.2 Å². The van der Waals surface area contributed by atoms with Crippen LogP contribution in [0.1, 0.15) is 45.0 Å². The molecule has 1 unspecified atom stereocenters. The molecule has 0 fully saturated rings. The van der Waals surface area contributed by atoms with E-state index >= 15 is 0 Å². The monoisotopic (exact) mass is 328 g/mol. The molecule has 0 saturated carbocycles. The van der Waals surface area contributed by atoms with Gasteiger partial charge >= 0.3 is 5.97 Å². The first-order valence-electron chi connectivity index (χ1n) is 7.65. The lowest BCUT2D eigenvalue weighted by atomic mass is 10.1. The van der Waals surface area contributed by atoms with E-state index < -0.39 is 12.1 Å². The average Bonchev–Trinajstić information content (AvgIpc) is 2.59. The van der Waals surface area contributed by atoms with Gasteiger partial charge in [-0.2, -0.15) is 0 Å². The number of aliphatic hydroxyl groups is 1. The molecule has 0 saturated heterocycles. The highest BCUT2D eigenvalue weighted by molar-refractivity contribution is 5.96. The summed E-state index contributed by atoms with van der Waals surface area (Å²) in [4.78, 5) is 28.7. The Labute approximate surface area is 140 Å². The number of carboxylic acids is 1. The minimum absolute atomic E-state index is 0.128. The van der Waals surface area contributed by atoms with Crippen molar-refractivity contribution in [2.45, 2.75) is 20.0 Å². The molecule has 0 bridgehead atoms. The number of nitrogens with zero attached hydrogens (tertiary/aromatic N) is 2. The van der Waals surface area contributed by atoms with Crippen LogP contribution in [0.15, 0.2) is 42.6 Å². The molecule has 2 rings (SSSR count). The molecule has 1 heterocycles. The molecule has 24 heavy (non-hydrogen) atoms. The topological polar surface area (TPSA) is 90.7 Å². The van der Waals surface area contributed by atoms with Gasteiger partial charge in [0.15, 0.2) is 0 Å². The van der Waals surface area contributed by atoms with Crippen LogP contribution in [0.25, 0.3) is 0 Å². The van der Waals surface area contributed by atoms with Crippen molar-refractivity contribution in [3.63, 3.8) is 0 Å². The third-order valence-electron chi connectivity index (χ3n) is 3.75. The van der Waals surface area contributed by atoms with E-state index in [0.29, 0.717) is 6.54 Å². The summed E-state index contributed by atoms with van der Waals surface area (Å²) in [5, 5.41) is 19.3. The van der Waals surface area contributed by atoms with Crippen LogP contribution in [-0.4, -0.2) is 45.1 Å². The lowest BCUT2D eigenvalue weighted by Crippen LogP contribution is -2.34. The SMILES string of the molecule is CCN(CC(O)c1ccc(C)cc1)C(=O)c1ccnc(C(=O)O)c1. The quantitative estimate of drug-likeness (QED) is 0.849. The van der Waals surface area contributed by atoms with Gasteiger partial charge in [0.25, 0.3) is 5.91 Å². The highest BCUT2D eigenvalue weighted by Crippen LogP contribution is 2.16. The average molecular weight is 328 g/mol. The van der Waals surface area contributed by atoms with Crippen molar-refractivity contribution >= 4 is 11.9 Å². The minimum Gasteiger partial charge on any atom is -0.477 e. The third-order valence-corrected chi connectivity index (χ3v) is 3.75. The Balaban J connectivity index is 2.15. The predicted molar refractivity (Wildman–Crippen MR) is 88.9 cm³/mol. The molecule has 0 aliphatic rings. The van der Waals surface area contributed by atoms with Crippen LogP contribution in [0, 0.1) is 6.92 Å². The van der Waals surface area contributed by atoms with Crippen molar-refractivity contribution in [3.8, 4) is 0 Å². The van der Waals surface area contributed by atoms with Crippen molar-refractivity contribution in [2.75, 3.05) is 13.1 Å². The lowest BCUT2D eigenvalue weighted by molar-refractivity contribution is 0.0634. The number of aliphatic hydroxyl groups excluding tert-OH is 1. The number of hydrogen-bond donors (Lipinski definition) is 2. The number of rotatable bonds is 6. The summed E-state index contributed by atoms with van der Waals surface area (Å²) in [6.07, 6.45) is 0.483. The fourth-order valence-corrected chi connectivity index (χ4v) is 2.32. The zero-order valence-corrected chi connectivity index (χ0v) is 13.6. The van der Waals surface area contributed by atoms with Gasteiger partial charge in [-0.25, -0.2) is 9.78 Å². The van der Waals surface area contributed by atoms with Crippen LogP contribution < -0.4 is 0 Å². The number of hydrogen-bond acceptors (Lipinski definition) is 4. The highest BCUT2D eigenvalue weighted by Gasteiger charge is 2.20. The number of amides is 1. The van der Waals surface area contributed by atoms with Gasteiger partial charge in [-0.15, -0.1) is 0 Å². The Hall–Kier alpha value is -2.73. The van der Waals surface area contributed by atoms with E-state index in [9.17, 15) is 14.7 Å². The Morgan fingerprint density at radius 3 is 2.46 bits per heavy atom. The smallest absolute Gasteiger partial charge is 0.354 e. The number of aryl methyl sites for hydroxylation is 1. The summed E-state index contributed by atoms with van der Waals surface area (Å²) in [6, 6.07) is 10.2. The molecule has 0 spiro atoms. The molecule has 1 amide bonds. The summed E-state index contributed by atoms with van der Waals surface area (Å²) in [5.41, 5.74) is 1.87. The van der Waals surface area contributed by atoms with E-state index in [1.54, 1.807) is 6.92 Å². The lowest BCUT2D eigenvalue weighted by Gasteiger charge is -2.24. The fraction of sp³-hybridized carbons (Fsp3) is 0.278. The van der Waals surface area contributed by atoms with Gasteiger partial charge in [0.1, 0.15) is 5.69 Å². The molecule has 2 aromatic rings. The summed E-state index contributed by atoms with van der Waals surface area (Å²) in [7, 11) is 0. The van der Waals surface area contributed by atoms with Gasteiger partial charge < -0.3 is 15.1 Å². The molecule has 6 heteroatoms. The number of aromatic nitrogens is 1. The van der Waals surface area contributed by atoms with Crippen LogP contribution in [-0.2, 0) is 0 Å². The molecule has 126 valence electrons. The molecule has 0 radical (unpaired) electrons. The van der Waals surface area contributed by atoms with Crippen LogP contribution >= 0.6 is 0 Å². The summed E-state index contributed by atoms with van der Waals surface area (Å²) >= 11 is 0. The number of carbonyl (C=O) groups excluding carboxylic acids is 1. The van der Waals surface area contributed by atoms with Gasteiger partial charge in [-0.1, -0.05) is 29.8 Å². The number of carbonyl (C=O) groups is 2. The maximum atomic E-state index is 12.6. The Morgan fingerprint density at radius 2 is 1.88 bits per heavy atom. The van der Waals surface area contributed by atoms with Crippen molar-refractivity contribution < 1.29 is 19.8 Å². The molecule has 0 aliphatic heterocycles. The normalized spacial score (nSPS) is 11.8. The van der Waals surface area contributed by atoms with Gasteiger partial charge in [-0.3, -0.25) is 4.79 Å². The second kappa shape index (κ2) is 7.70. The molecular weight excluding hydrogens is 308 g/mol. The fourth-order valence-electron chi connectivity index (χ4n) is 2.32. The van der Waals surface area contributed by atoms with E-state index in [1.807, 2.05) is 31.2 Å². The van der Waals surface area contributed by atoms with Crippen LogP contribution in [0.5, 0.6) is 0 Å². The van der Waals surface area contributed by atoms with Gasteiger partial charge in [-0.05, 0) is 31.5 Å². The molecule has 1 aromatic heterocycles. The van der Waals surface area contributed by atoms with Crippen LogP contribution in [0.3, 0.4) is 0 Å². The first kappa shape index (κ1) is 17.6. The second-order valence-corrected chi connectivity index (χ2v) is 5.51. The molecule has 2 N–H and O–H groups in total. The zero-order valence-electron chi connectivity index (χ0n) is 13.6. The molecular formula is C18H20N2O4. The summed E-state index contributed by atoms with van der Waals surface area (Å²) in [6.45, 7) is 4.29. The van der Waals surface area contributed by atoms with Gasteiger partial charge in [0, 0.05) is 18.3 Å². The number of carboxylic acid groups (broad SMARTS) is 1. The molecule has 6 nitrogen and oxygen atoms in total. The van der Waals surface area contributed by atoms with Crippen molar-refractivity contribution in [2.24, 2.45) is 0 Å². The van der Waals surface area contributed by atoms with Gasteiger partial charge in [0.05, 0.1) is 12.6 Å². The van der Waals surface area contributed by atoms with E-state index in [0.717, 1.165) is 11.1 Å². The molecule has 0 aliphatic carbocycles. The highest BCUT2D eigenvalue weighted by atomic mass is 16.4. The number of likely N-dealkylation sites (N-methyl/N-ethyl adjacent to an activating group) is 1. The zero-order chi connectivity index (χ0) is 17.7. The van der Waals surface area contributed by atoms with Crippen molar-refractivity contribution in [3.05, 3.63) is 65.0 Å².